The molecular weight excluding hydrogens is 266 g/mol. The summed E-state index contributed by atoms with van der Waals surface area (Å²) in [5.74, 6) is 0. The number of aromatic nitrogens is 2. The first-order chi connectivity index (χ1) is 10.2. The highest BCUT2D eigenvalue weighted by molar-refractivity contribution is 5.23. The van der Waals surface area contributed by atoms with Gasteiger partial charge >= 0.3 is 0 Å². The van der Waals surface area contributed by atoms with Gasteiger partial charge in [0.2, 0.25) is 0 Å². The van der Waals surface area contributed by atoms with Crippen LogP contribution in [0.15, 0.2) is 30.6 Å². The molecule has 3 rings (SSSR count). The lowest BCUT2D eigenvalue weighted by Crippen LogP contribution is -2.42. The summed E-state index contributed by atoms with van der Waals surface area (Å²) in [6.07, 6.45) is 2.68. The second-order valence-electron chi connectivity index (χ2n) is 5.67. The highest BCUT2D eigenvalue weighted by Gasteiger charge is 2.28. The van der Waals surface area contributed by atoms with Gasteiger partial charge in [-0.15, -0.1) is 0 Å². The summed E-state index contributed by atoms with van der Waals surface area (Å²) in [5.41, 5.74) is 4.43. The van der Waals surface area contributed by atoms with Gasteiger partial charge in [0.05, 0.1) is 25.2 Å². The van der Waals surface area contributed by atoms with E-state index in [0.29, 0.717) is 0 Å². The van der Waals surface area contributed by atoms with E-state index in [-0.39, 0.29) is 19.3 Å². The van der Waals surface area contributed by atoms with E-state index >= 15 is 0 Å². The van der Waals surface area contributed by atoms with Crippen LogP contribution < -0.4 is 0 Å². The Labute approximate surface area is 124 Å². The fraction of sp³-hybridized carbons (Fsp3) is 0.438. The first kappa shape index (κ1) is 14.3. The summed E-state index contributed by atoms with van der Waals surface area (Å²) in [7, 11) is 2.00. The average molecular weight is 287 g/mol. The van der Waals surface area contributed by atoms with Crippen LogP contribution in [0.4, 0.5) is 0 Å². The number of aliphatic hydroxyl groups excluding tert-OH is 2. The van der Waals surface area contributed by atoms with Crippen molar-refractivity contribution in [3.8, 4) is 0 Å². The molecule has 1 aromatic carbocycles. The topological polar surface area (TPSA) is 61.5 Å². The number of imidazole rings is 1. The lowest BCUT2D eigenvalue weighted by Gasteiger charge is -2.34. The third kappa shape index (κ3) is 2.85. The van der Waals surface area contributed by atoms with Gasteiger partial charge in [0.15, 0.2) is 0 Å². The normalized spacial score (nSPS) is 18.7. The first-order valence-corrected chi connectivity index (χ1v) is 7.24. The highest BCUT2D eigenvalue weighted by atomic mass is 16.3. The van der Waals surface area contributed by atoms with Crippen LogP contribution in [0.25, 0.3) is 0 Å². The molecule has 0 spiro atoms. The average Bonchev–Trinajstić information content (AvgIpc) is 2.88. The van der Waals surface area contributed by atoms with Crippen LogP contribution in [0.5, 0.6) is 0 Å². The van der Waals surface area contributed by atoms with Crippen LogP contribution in [0.1, 0.15) is 22.5 Å². The molecule has 2 N–H and O–H groups in total. The maximum atomic E-state index is 9.67. The van der Waals surface area contributed by atoms with Gasteiger partial charge in [0.25, 0.3) is 0 Å². The van der Waals surface area contributed by atoms with Gasteiger partial charge in [-0.1, -0.05) is 24.3 Å². The zero-order valence-corrected chi connectivity index (χ0v) is 12.2. The number of aliphatic hydroxyl groups is 2. The fourth-order valence-corrected chi connectivity index (χ4v) is 2.92. The van der Waals surface area contributed by atoms with Crippen LogP contribution in [-0.2, 0) is 33.2 Å². The van der Waals surface area contributed by atoms with E-state index in [1.54, 1.807) is 0 Å². The number of nitrogens with zero attached hydrogens (tertiary/aromatic N) is 3. The smallest absolute Gasteiger partial charge is 0.0949 e. The maximum Gasteiger partial charge on any atom is 0.0949 e. The van der Waals surface area contributed by atoms with Crippen LogP contribution in [0.3, 0.4) is 0 Å². The lowest BCUT2D eigenvalue weighted by atomic mass is 10.0. The Morgan fingerprint density at radius 1 is 1.19 bits per heavy atom. The lowest BCUT2D eigenvalue weighted by molar-refractivity contribution is 0.0967. The zero-order chi connectivity index (χ0) is 14.8. The second kappa shape index (κ2) is 5.97. The Bertz CT molecular complexity index is 606. The van der Waals surface area contributed by atoms with Crippen molar-refractivity contribution in [3.05, 3.63) is 53.1 Å². The van der Waals surface area contributed by atoms with Gasteiger partial charge in [-0.3, -0.25) is 4.90 Å². The van der Waals surface area contributed by atoms with E-state index in [1.165, 1.54) is 11.3 Å². The van der Waals surface area contributed by atoms with Crippen molar-refractivity contribution in [1.82, 2.24) is 14.5 Å². The quantitative estimate of drug-likeness (QED) is 0.874. The summed E-state index contributed by atoms with van der Waals surface area (Å²) in [6.45, 7) is 1.77. The molecule has 0 aliphatic carbocycles. The second-order valence-corrected chi connectivity index (χ2v) is 5.67. The Morgan fingerprint density at radius 3 is 2.57 bits per heavy atom. The molecule has 112 valence electrons. The number of aryl methyl sites for hydroxylation is 1. The molecule has 0 saturated heterocycles. The highest BCUT2D eigenvalue weighted by Crippen LogP contribution is 2.23. The van der Waals surface area contributed by atoms with Gasteiger partial charge in [0, 0.05) is 38.3 Å². The van der Waals surface area contributed by atoms with Crippen molar-refractivity contribution < 1.29 is 10.2 Å². The minimum atomic E-state index is 0.0700. The Kier molecular flexibility index (Phi) is 4.05. The summed E-state index contributed by atoms with van der Waals surface area (Å²) in [5, 5.41) is 18.8. The number of fused-ring (bicyclic) bond motifs is 1. The standard InChI is InChI=1S/C16H21N3O2/c1-18-11-17-15-8-19(14(10-21)6-16(15)18)7-12-2-4-13(9-20)5-3-12/h2-5,11,14,20-21H,6-10H2,1H3/t14-/m1/s1. The Morgan fingerprint density at radius 2 is 1.90 bits per heavy atom. The van der Waals surface area contributed by atoms with E-state index < -0.39 is 0 Å². The number of hydrogen-bond acceptors (Lipinski definition) is 4. The minimum Gasteiger partial charge on any atom is -0.395 e. The molecule has 5 heteroatoms. The molecule has 2 heterocycles. The van der Waals surface area contributed by atoms with Crippen molar-refractivity contribution >= 4 is 0 Å². The SMILES string of the molecule is Cn1cnc2c1C[C@H](CO)N(Cc1ccc(CO)cc1)C2. The van der Waals surface area contributed by atoms with E-state index in [4.69, 9.17) is 5.11 Å². The molecular formula is C16H21N3O2. The molecule has 5 nitrogen and oxygen atoms in total. The monoisotopic (exact) mass is 287 g/mol. The van der Waals surface area contributed by atoms with E-state index in [2.05, 4.69) is 9.88 Å². The molecule has 0 unspecified atom stereocenters. The molecule has 2 aromatic rings. The van der Waals surface area contributed by atoms with Gasteiger partial charge in [-0.25, -0.2) is 4.98 Å². The zero-order valence-electron chi connectivity index (χ0n) is 12.2. The summed E-state index contributed by atoms with van der Waals surface area (Å²) in [4.78, 5) is 6.72. The number of rotatable bonds is 4. The molecule has 0 radical (unpaired) electrons. The van der Waals surface area contributed by atoms with Gasteiger partial charge in [-0.2, -0.15) is 0 Å². The summed E-state index contributed by atoms with van der Waals surface area (Å²) in [6, 6.07) is 8.09. The van der Waals surface area contributed by atoms with Crippen molar-refractivity contribution in [2.75, 3.05) is 6.61 Å². The fourth-order valence-electron chi connectivity index (χ4n) is 2.92. The van der Waals surface area contributed by atoms with Crippen LogP contribution in [-0.4, -0.2) is 37.3 Å². The molecule has 0 bridgehead atoms. The minimum absolute atomic E-state index is 0.0700. The van der Waals surface area contributed by atoms with Crippen molar-refractivity contribution in [3.63, 3.8) is 0 Å². The predicted octanol–water partition coefficient (Wildman–Crippen LogP) is 0.832. The van der Waals surface area contributed by atoms with E-state index in [9.17, 15) is 5.11 Å². The molecule has 21 heavy (non-hydrogen) atoms. The van der Waals surface area contributed by atoms with Crippen LogP contribution in [0, 0.1) is 0 Å². The van der Waals surface area contributed by atoms with Crippen LogP contribution in [0.2, 0.25) is 0 Å². The van der Waals surface area contributed by atoms with Crippen molar-refractivity contribution in [1.29, 1.82) is 0 Å². The molecule has 1 aliphatic rings. The first-order valence-electron chi connectivity index (χ1n) is 7.24. The maximum absolute atomic E-state index is 9.67. The summed E-state index contributed by atoms with van der Waals surface area (Å²) >= 11 is 0. The molecule has 0 amide bonds. The predicted molar refractivity (Wildman–Crippen MR) is 79.4 cm³/mol. The number of hydrogen-bond donors (Lipinski definition) is 2. The van der Waals surface area contributed by atoms with E-state index in [1.807, 2.05) is 42.2 Å². The van der Waals surface area contributed by atoms with Gasteiger partial charge in [-0.05, 0) is 11.1 Å². The van der Waals surface area contributed by atoms with Gasteiger partial charge < -0.3 is 14.8 Å². The Balaban J connectivity index is 1.77. The van der Waals surface area contributed by atoms with Gasteiger partial charge in [0.1, 0.15) is 0 Å². The summed E-state index contributed by atoms with van der Waals surface area (Å²) < 4.78 is 2.05. The third-order valence-corrected chi connectivity index (χ3v) is 4.25. The molecule has 0 fully saturated rings. The largest absolute Gasteiger partial charge is 0.395 e. The van der Waals surface area contributed by atoms with Crippen molar-refractivity contribution in [2.45, 2.75) is 32.2 Å². The van der Waals surface area contributed by atoms with Crippen LogP contribution >= 0.6 is 0 Å². The third-order valence-electron chi connectivity index (χ3n) is 4.25. The molecule has 0 saturated carbocycles. The van der Waals surface area contributed by atoms with E-state index in [0.717, 1.165) is 30.8 Å². The van der Waals surface area contributed by atoms with Crippen molar-refractivity contribution in [2.24, 2.45) is 7.05 Å². The number of benzene rings is 1. The Hall–Kier alpha value is -1.69. The molecule has 1 aliphatic heterocycles. The molecule has 1 aromatic heterocycles. The molecule has 1 atom stereocenters.